The summed E-state index contributed by atoms with van der Waals surface area (Å²) in [6, 6.07) is -0.402. The van der Waals surface area contributed by atoms with Crippen LogP contribution in [0, 0.1) is 5.41 Å². The number of hydrogen-bond acceptors (Lipinski definition) is 3. The molecule has 0 aromatic heterocycles. The summed E-state index contributed by atoms with van der Waals surface area (Å²) in [4.78, 5) is 27.6. The van der Waals surface area contributed by atoms with Crippen molar-refractivity contribution in [2.75, 3.05) is 26.2 Å². The average Bonchev–Trinajstić information content (AvgIpc) is 3.18. The van der Waals surface area contributed by atoms with Gasteiger partial charge < -0.3 is 15.3 Å². The fourth-order valence-electron chi connectivity index (χ4n) is 2.59. The number of carbonyl (C=O) groups is 2. The third-order valence-corrected chi connectivity index (χ3v) is 4.05. The normalized spacial score (nSPS) is 22.4. The third-order valence-electron chi connectivity index (χ3n) is 4.05. The summed E-state index contributed by atoms with van der Waals surface area (Å²) in [6.07, 6.45) is 2.55. The van der Waals surface area contributed by atoms with Gasteiger partial charge in [0.25, 0.3) is 0 Å². The fourth-order valence-corrected chi connectivity index (χ4v) is 2.59. The van der Waals surface area contributed by atoms with E-state index in [1.54, 1.807) is 4.90 Å². The molecule has 1 saturated heterocycles. The van der Waals surface area contributed by atoms with Gasteiger partial charge in [0.15, 0.2) is 0 Å². The van der Waals surface area contributed by atoms with Crippen molar-refractivity contribution in [1.29, 1.82) is 0 Å². The molecule has 2 N–H and O–H groups in total. The zero-order valence-electron chi connectivity index (χ0n) is 12.6. The molecule has 2 amide bonds. The summed E-state index contributed by atoms with van der Waals surface area (Å²) in [6.45, 7) is 8.60. The van der Waals surface area contributed by atoms with E-state index >= 15 is 0 Å². The molecule has 1 aliphatic heterocycles. The summed E-state index contributed by atoms with van der Waals surface area (Å²) < 4.78 is 0. The van der Waals surface area contributed by atoms with Crippen molar-refractivity contribution in [2.24, 2.45) is 5.41 Å². The molecule has 1 atom stereocenters. The van der Waals surface area contributed by atoms with Crippen LogP contribution in [-0.2, 0) is 4.79 Å². The Morgan fingerprint density at radius 2 is 1.70 bits per heavy atom. The van der Waals surface area contributed by atoms with Gasteiger partial charge in [-0.15, -0.1) is 0 Å². The molecule has 1 saturated carbocycles. The van der Waals surface area contributed by atoms with Crippen LogP contribution in [0.2, 0.25) is 0 Å². The molecule has 0 aromatic rings. The Morgan fingerprint density at radius 1 is 1.15 bits per heavy atom. The lowest BCUT2D eigenvalue weighted by molar-refractivity contribution is -0.142. The number of aliphatic carboxylic acids is 1. The minimum atomic E-state index is -0.984. The van der Waals surface area contributed by atoms with E-state index in [1.165, 1.54) is 12.8 Å². The Balaban J connectivity index is 1.86. The summed E-state index contributed by atoms with van der Waals surface area (Å²) in [5.41, 5.74) is -0.503. The second-order valence-electron chi connectivity index (χ2n) is 6.84. The van der Waals surface area contributed by atoms with E-state index in [2.05, 4.69) is 10.2 Å². The number of carboxylic acid groups (broad SMARTS) is 1. The Kier molecular flexibility index (Phi) is 4.22. The minimum absolute atomic E-state index is 0.261. The van der Waals surface area contributed by atoms with Crippen molar-refractivity contribution < 1.29 is 14.7 Å². The van der Waals surface area contributed by atoms with Crippen LogP contribution < -0.4 is 5.32 Å². The smallest absolute Gasteiger partial charge is 0.326 e. The second-order valence-corrected chi connectivity index (χ2v) is 6.84. The maximum absolute atomic E-state index is 12.2. The molecule has 1 heterocycles. The molecule has 2 rings (SSSR count). The van der Waals surface area contributed by atoms with Gasteiger partial charge in [0, 0.05) is 32.2 Å². The molecule has 1 unspecified atom stereocenters. The number of nitrogens with one attached hydrogen (secondary N) is 1. The number of rotatable bonds is 3. The van der Waals surface area contributed by atoms with Crippen LogP contribution in [0.15, 0.2) is 0 Å². The molecule has 114 valence electrons. The summed E-state index contributed by atoms with van der Waals surface area (Å²) in [5.74, 6) is -0.984. The van der Waals surface area contributed by atoms with Gasteiger partial charge in [0.05, 0.1) is 0 Å². The van der Waals surface area contributed by atoms with E-state index in [4.69, 9.17) is 0 Å². The van der Waals surface area contributed by atoms with Crippen molar-refractivity contribution >= 4 is 12.0 Å². The minimum Gasteiger partial charge on any atom is -0.480 e. The Bertz CT molecular complexity index is 380. The van der Waals surface area contributed by atoms with Crippen molar-refractivity contribution in [3.8, 4) is 0 Å². The van der Waals surface area contributed by atoms with E-state index in [0.717, 1.165) is 19.1 Å². The maximum Gasteiger partial charge on any atom is 0.326 e. The number of urea groups is 1. The number of hydrogen-bond donors (Lipinski definition) is 2. The molecular formula is C14H25N3O3. The van der Waals surface area contributed by atoms with Crippen molar-refractivity contribution in [2.45, 2.75) is 45.7 Å². The molecule has 20 heavy (non-hydrogen) atoms. The first-order chi connectivity index (χ1) is 9.29. The Morgan fingerprint density at radius 3 is 2.10 bits per heavy atom. The van der Waals surface area contributed by atoms with Crippen molar-refractivity contribution in [1.82, 2.24) is 15.1 Å². The summed E-state index contributed by atoms with van der Waals surface area (Å²) in [7, 11) is 0. The molecule has 0 bridgehead atoms. The predicted molar refractivity (Wildman–Crippen MR) is 75.6 cm³/mol. The van der Waals surface area contributed by atoms with E-state index < -0.39 is 17.4 Å². The first kappa shape index (κ1) is 15.1. The highest BCUT2D eigenvalue weighted by Gasteiger charge is 2.36. The SMILES string of the molecule is CC(C)(C)C(NC(=O)N1CCN(C2CC2)CC1)C(=O)O. The van der Waals surface area contributed by atoms with E-state index in [0.29, 0.717) is 13.1 Å². The van der Waals surface area contributed by atoms with Gasteiger partial charge in [-0.05, 0) is 18.3 Å². The molecular weight excluding hydrogens is 258 g/mol. The number of carbonyl (C=O) groups excluding carboxylic acids is 1. The van der Waals surface area contributed by atoms with Gasteiger partial charge in [0.1, 0.15) is 6.04 Å². The zero-order chi connectivity index (χ0) is 14.9. The number of amides is 2. The number of piperazine rings is 1. The predicted octanol–water partition coefficient (Wildman–Crippen LogP) is 0.975. The first-order valence-corrected chi connectivity index (χ1v) is 7.31. The van der Waals surface area contributed by atoms with E-state index in [-0.39, 0.29) is 6.03 Å². The molecule has 2 aliphatic rings. The van der Waals surface area contributed by atoms with Crippen LogP contribution >= 0.6 is 0 Å². The average molecular weight is 283 g/mol. The molecule has 0 radical (unpaired) electrons. The third kappa shape index (κ3) is 3.62. The molecule has 0 aromatic carbocycles. The van der Waals surface area contributed by atoms with Gasteiger partial charge in [-0.2, -0.15) is 0 Å². The Labute approximate surface area is 120 Å². The molecule has 6 heteroatoms. The zero-order valence-corrected chi connectivity index (χ0v) is 12.6. The highest BCUT2D eigenvalue weighted by Crippen LogP contribution is 2.27. The van der Waals surface area contributed by atoms with Crippen molar-refractivity contribution in [3.05, 3.63) is 0 Å². The van der Waals surface area contributed by atoms with Gasteiger partial charge in [-0.1, -0.05) is 20.8 Å². The van der Waals surface area contributed by atoms with Gasteiger partial charge in [-0.25, -0.2) is 9.59 Å². The van der Waals surface area contributed by atoms with Crippen LogP contribution in [0.5, 0.6) is 0 Å². The maximum atomic E-state index is 12.2. The first-order valence-electron chi connectivity index (χ1n) is 7.31. The van der Waals surface area contributed by atoms with Crippen LogP contribution in [0.25, 0.3) is 0 Å². The summed E-state index contributed by atoms with van der Waals surface area (Å²) in [5, 5.41) is 11.9. The van der Waals surface area contributed by atoms with Gasteiger partial charge in [0.2, 0.25) is 0 Å². The topological polar surface area (TPSA) is 72.9 Å². The lowest BCUT2D eigenvalue weighted by Gasteiger charge is -2.36. The van der Waals surface area contributed by atoms with Gasteiger partial charge in [-0.3, -0.25) is 4.90 Å². The highest BCUT2D eigenvalue weighted by atomic mass is 16.4. The molecule has 2 fully saturated rings. The largest absolute Gasteiger partial charge is 0.480 e. The van der Waals surface area contributed by atoms with Crippen molar-refractivity contribution in [3.63, 3.8) is 0 Å². The standard InChI is InChI=1S/C14H25N3O3/c1-14(2,3)11(12(18)19)15-13(20)17-8-6-16(7-9-17)10-4-5-10/h10-11H,4-9H2,1-3H3,(H,15,20)(H,18,19). The lowest BCUT2D eigenvalue weighted by atomic mass is 9.87. The molecule has 1 aliphatic carbocycles. The second kappa shape index (κ2) is 5.60. The van der Waals surface area contributed by atoms with Gasteiger partial charge >= 0.3 is 12.0 Å². The molecule has 6 nitrogen and oxygen atoms in total. The quantitative estimate of drug-likeness (QED) is 0.809. The lowest BCUT2D eigenvalue weighted by Crippen LogP contribution is -2.57. The van der Waals surface area contributed by atoms with Crippen LogP contribution in [0.4, 0.5) is 4.79 Å². The molecule has 0 spiro atoms. The number of carboxylic acids is 1. The fraction of sp³-hybridized carbons (Fsp3) is 0.857. The Hall–Kier alpha value is -1.30. The monoisotopic (exact) mass is 283 g/mol. The highest BCUT2D eigenvalue weighted by molar-refractivity contribution is 5.83. The van der Waals surface area contributed by atoms with Crippen LogP contribution in [-0.4, -0.2) is 65.2 Å². The van der Waals surface area contributed by atoms with E-state index in [1.807, 2.05) is 20.8 Å². The van der Waals surface area contributed by atoms with Crippen LogP contribution in [0.1, 0.15) is 33.6 Å². The van der Waals surface area contributed by atoms with Crippen LogP contribution in [0.3, 0.4) is 0 Å². The number of nitrogens with zero attached hydrogens (tertiary/aromatic N) is 2. The summed E-state index contributed by atoms with van der Waals surface area (Å²) >= 11 is 0. The van der Waals surface area contributed by atoms with E-state index in [9.17, 15) is 14.7 Å².